The molecule has 0 spiro atoms. The number of hydrogen-bond acceptors (Lipinski definition) is 4. The normalized spacial score (nSPS) is 19.6. The molecule has 1 atom stereocenters. The molecule has 0 saturated carbocycles. The Morgan fingerprint density at radius 2 is 2.14 bits per heavy atom. The van der Waals surface area contributed by atoms with Gasteiger partial charge in [-0.2, -0.15) is 0 Å². The summed E-state index contributed by atoms with van der Waals surface area (Å²) in [5, 5.41) is 2.49. The van der Waals surface area contributed by atoms with E-state index >= 15 is 0 Å². The lowest BCUT2D eigenvalue weighted by atomic mass is 10.2. The van der Waals surface area contributed by atoms with Crippen LogP contribution in [0.3, 0.4) is 0 Å². The quantitative estimate of drug-likeness (QED) is 0.886. The van der Waals surface area contributed by atoms with Gasteiger partial charge in [0, 0.05) is 18.7 Å². The first kappa shape index (κ1) is 16.4. The Labute approximate surface area is 128 Å². The summed E-state index contributed by atoms with van der Waals surface area (Å²) in [6.45, 7) is 1.03. The van der Waals surface area contributed by atoms with Gasteiger partial charge >= 0.3 is 0 Å². The second-order valence-electron chi connectivity index (χ2n) is 5.26. The van der Waals surface area contributed by atoms with Crippen molar-refractivity contribution in [3.8, 4) is 0 Å². The highest BCUT2D eigenvalue weighted by atomic mass is 32.2. The number of nitrogens with zero attached hydrogens (tertiary/aromatic N) is 1. The SMILES string of the molecule is CC(=O)N(CC(=O)Nc1cccc(F)c1)C1CCS(=O)(=O)C1. The van der Waals surface area contributed by atoms with Crippen LogP contribution in [0.5, 0.6) is 0 Å². The highest BCUT2D eigenvalue weighted by Crippen LogP contribution is 2.18. The minimum atomic E-state index is -3.15. The molecule has 1 fully saturated rings. The van der Waals surface area contributed by atoms with E-state index in [-0.39, 0.29) is 29.6 Å². The number of anilines is 1. The Bertz CT molecular complexity index is 690. The standard InChI is InChI=1S/C14H17FN2O4S/c1-10(18)17(13-5-6-22(20,21)9-13)8-14(19)16-12-4-2-3-11(15)7-12/h2-4,7,13H,5-6,8-9H2,1H3,(H,16,19). The lowest BCUT2D eigenvalue weighted by Crippen LogP contribution is -2.44. The first-order valence-corrected chi connectivity index (χ1v) is 8.62. The van der Waals surface area contributed by atoms with Crippen molar-refractivity contribution in [2.75, 3.05) is 23.4 Å². The Morgan fingerprint density at radius 3 is 2.68 bits per heavy atom. The molecule has 0 aliphatic carbocycles. The third-order valence-corrected chi connectivity index (χ3v) is 5.23. The van der Waals surface area contributed by atoms with Crippen LogP contribution in [0.15, 0.2) is 24.3 Å². The largest absolute Gasteiger partial charge is 0.330 e. The molecule has 1 aliphatic heterocycles. The number of halogens is 1. The van der Waals surface area contributed by atoms with E-state index in [2.05, 4.69) is 5.32 Å². The average Bonchev–Trinajstić information content (AvgIpc) is 2.75. The molecular formula is C14H17FN2O4S. The lowest BCUT2D eigenvalue weighted by molar-refractivity contribution is -0.134. The minimum Gasteiger partial charge on any atom is -0.330 e. The topological polar surface area (TPSA) is 83.6 Å². The number of benzene rings is 1. The van der Waals surface area contributed by atoms with Crippen molar-refractivity contribution in [3.63, 3.8) is 0 Å². The maximum Gasteiger partial charge on any atom is 0.244 e. The van der Waals surface area contributed by atoms with Crippen LogP contribution in [-0.4, -0.2) is 49.2 Å². The van der Waals surface area contributed by atoms with Crippen LogP contribution in [-0.2, 0) is 19.4 Å². The maximum atomic E-state index is 13.1. The van der Waals surface area contributed by atoms with E-state index in [1.807, 2.05) is 0 Å². The van der Waals surface area contributed by atoms with Gasteiger partial charge in [0.2, 0.25) is 11.8 Å². The molecule has 1 aromatic carbocycles. The number of hydrogen-bond donors (Lipinski definition) is 1. The fourth-order valence-electron chi connectivity index (χ4n) is 2.44. The number of amides is 2. The molecule has 1 N–H and O–H groups in total. The molecule has 0 radical (unpaired) electrons. The van der Waals surface area contributed by atoms with Crippen molar-refractivity contribution in [2.45, 2.75) is 19.4 Å². The summed E-state index contributed by atoms with van der Waals surface area (Å²) in [6, 6.07) is 4.91. The third kappa shape index (κ3) is 4.27. The van der Waals surface area contributed by atoms with E-state index in [1.54, 1.807) is 0 Å². The highest BCUT2D eigenvalue weighted by Gasteiger charge is 2.34. The van der Waals surface area contributed by atoms with Gasteiger partial charge in [-0.15, -0.1) is 0 Å². The number of sulfone groups is 1. The van der Waals surface area contributed by atoms with Gasteiger partial charge in [0.05, 0.1) is 11.5 Å². The van der Waals surface area contributed by atoms with Gasteiger partial charge in [-0.3, -0.25) is 9.59 Å². The molecule has 2 rings (SSSR count). The summed E-state index contributed by atoms with van der Waals surface area (Å²) >= 11 is 0. The van der Waals surface area contributed by atoms with Gasteiger partial charge in [-0.1, -0.05) is 6.07 Å². The molecule has 2 amide bonds. The highest BCUT2D eigenvalue weighted by molar-refractivity contribution is 7.91. The third-order valence-electron chi connectivity index (χ3n) is 3.48. The number of carbonyl (C=O) groups is 2. The van der Waals surface area contributed by atoms with Gasteiger partial charge in [0.25, 0.3) is 0 Å². The van der Waals surface area contributed by atoms with Crippen LogP contribution in [0, 0.1) is 5.82 Å². The van der Waals surface area contributed by atoms with E-state index in [4.69, 9.17) is 0 Å². The van der Waals surface area contributed by atoms with Crippen molar-refractivity contribution < 1.29 is 22.4 Å². The maximum absolute atomic E-state index is 13.1. The van der Waals surface area contributed by atoms with Gasteiger partial charge < -0.3 is 10.2 Å². The van der Waals surface area contributed by atoms with Crippen molar-refractivity contribution in [1.29, 1.82) is 0 Å². The van der Waals surface area contributed by atoms with Gasteiger partial charge in [-0.25, -0.2) is 12.8 Å². The molecule has 22 heavy (non-hydrogen) atoms. The molecular weight excluding hydrogens is 311 g/mol. The predicted molar refractivity (Wildman–Crippen MR) is 79.5 cm³/mol. The van der Waals surface area contributed by atoms with Crippen LogP contribution in [0.1, 0.15) is 13.3 Å². The molecule has 1 unspecified atom stereocenters. The van der Waals surface area contributed by atoms with Crippen molar-refractivity contribution in [1.82, 2.24) is 4.90 Å². The van der Waals surface area contributed by atoms with Crippen LogP contribution in [0.25, 0.3) is 0 Å². The number of rotatable bonds is 4. The van der Waals surface area contributed by atoms with Crippen LogP contribution >= 0.6 is 0 Å². The Morgan fingerprint density at radius 1 is 1.41 bits per heavy atom. The molecule has 1 saturated heterocycles. The van der Waals surface area contributed by atoms with Gasteiger partial charge in [-0.05, 0) is 24.6 Å². The molecule has 0 aromatic heterocycles. The Balaban J connectivity index is 2.02. The summed E-state index contributed by atoms with van der Waals surface area (Å²) in [4.78, 5) is 24.9. The van der Waals surface area contributed by atoms with E-state index in [0.717, 1.165) is 6.07 Å². The fraction of sp³-hybridized carbons (Fsp3) is 0.429. The fourth-order valence-corrected chi connectivity index (χ4v) is 4.17. The summed E-state index contributed by atoms with van der Waals surface area (Å²) in [6.07, 6.45) is 0.329. The summed E-state index contributed by atoms with van der Waals surface area (Å²) in [5.74, 6) is -1.45. The molecule has 120 valence electrons. The van der Waals surface area contributed by atoms with Crippen LogP contribution in [0.4, 0.5) is 10.1 Å². The van der Waals surface area contributed by atoms with E-state index < -0.39 is 27.6 Å². The van der Waals surface area contributed by atoms with E-state index in [9.17, 15) is 22.4 Å². The number of nitrogens with one attached hydrogen (secondary N) is 1. The molecule has 1 heterocycles. The zero-order valence-corrected chi connectivity index (χ0v) is 12.9. The van der Waals surface area contributed by atoms with Crippen molar-refractivity contribution in [3.05, 3.63) is 30.1 Å². The minimum absolute atomic E-state index is 0.0208. The van der Waals surface area contributed by atoms with Crippen LogP contribution < -0.4 is 5.32 Å². The molecule has 1 aliphatic rings. The Kier molecular flexibility index (Phi) is 4.80. The average molecular weight is 328 g/mol. The second kappa shape index (κ2) is 6.43. The molecule has 1 aromatic rings. The first-order valence-electron chi connectivity index (χ1n) is 6.80. The van der Waals surface area contributed by atoms with Gasteiger partial charge in [0.1, 0.15) is 12.4 Å². The van der Waals surface area contributed by atoms with E-state index in [1.165, 1.54) is 30.0 Å². The van der Waals surface area contributed by atoms with Crippen LogP contribution in [0.2, 0.25) is 0 Å². The zero-order chi connectivity index (χ0) is 16.3. The monoisotopic (exact) mass is 328 g/mol. The predicted octanol–water partition coefficient (Wildman–Crippen LogP) is 0.800. The summed E-state index contributed by atoms with van der Waals surface area (Å²) in [5.41, 5.74) is 0.285. The first-order chi connectivity index (χ1) is 10.3. The molecule has 6 nitrogen and oxygen atoms in total. The number of carbonyl (C=O) groups excluding carboxylic acids is 2. The Hall–Kier alpha value is -1.96. The lowest BCUT2D eigenvalue weighted by Gasteiger charge is -2.26. The second-order valence-corrected chi connectivity index (χ2v) is 7.49. The summed E-state index contributed by atoms with van der Waals surface area (Å²) < 4.78 is 36.1. The van der Waals surface area contributed by atoms with Gasteiger partial charge in [0.15, 0.2) is 9.84 Å². The van der Waals surface area contributed by atoms with Crippen molar-refractivity contribution >= 4 is 27.3 Å². The molecule has 8 heteroatoms. The van der Waals surface area contributed by atoms with Crippen molar-refractivity contribution in [2.24, 2.45) is 0 Å². The van der Waals surface area contributed by atoms with E-state index in [0.29, 0.717) is 6.42 Å². The smallest absolute Gasteiger partial charge is 0.244 e. The molecule has 0 bridgehead atoms. The zero-order valence-electron chi connectivity index (χ0n) is 12.1. The summed E-state index contributed by atoms with van der Waals surface area (Å²) in [7, 11) is -3.15.